The predicted octanol–water partition coefficient (Wildman–Crippen LogP) is 4.59. The Bertz CT molecular complexity index is 990. The molecule has 4 nitrogen and oxygen atoms in total. The number of fused-ring (bicyclic) bond motifs is 2. The molecule has 4 heteroatoms. The van der Waals surface area contributed by atoms with Crippen molar-refractivity contribution in [3.63, 3.8) is 0 Å². The van der Waals surface area contributed by atoms with Crippen molar-refractivity contribution in [3.05, 3.63) is 53.9 Å². The normalized spacial score (nSPS) is 16.7. The fraction of sp³-hybridized carbons (Fsp3) is 0.286. The van der Waals surface area contributed by atoms with Gasteiger partial charge in [0, 0.05) is 28.2 Å². The van der Waals surface area contributed by atoms with Gasteiger partial charge in [-0.15, -0.1) is 0 Å². The fourth-order valence-electron chi connectivity index (χ4n) is 4.20. The molecule has 3 aromatic rings. The van der Waals surface area contributed by atoms with E-state index in [4.69, 9.17) is 0 Å². The van der Waals surface area contributed by atoms with E-state index in [0.29, 0.717) is 6.04 Å². The summed E-state index contributed by atoms with van der Waals surface area (Å²) in [5, 5.41) is 4.52. The lowest BCUT2D eigenvalue weighted by Crippen LogP contribution is -2.24. The Labute approximate surface area is 146 Å². The summed E-state index contributed by atoms with van der Waals surface area (Å²) in [4.78, 5) is 22.2. The molecule has 1 N–H and O–H groups in total. The zero-order valence-electron chi connectivity index (χ0n) is 14.0. The average Bonchev–Trinajstić information content (AvgIpc) is 2.67. The first-order valence-corrected chi connectivity index (χ1v) is 9.01. The highest BCUT2D eigenvalue weighted by Gasteiger charge is 2.29. The van der Waals surface area contributed by atoms with Gasteiger partial charge in [0.2, 0.25) is 0 Å². The summed E-state index contributed by atoms with van der Waals surface area (Å²) in [6, 6.07) is 12.2. The quantitative estimate of drug-likeness (QED) is 0.584. The fourth-order valence-corrected chi connectivity index (χ4v) is 4.20. The molecular weight excluding hydrogens is 310 g/mol. The number of ketones is 1. The van der Waals surface area contributed by atoms with Crippen LogP contribution in [0.1, 0.15) is 48.0 Å². The first-order valence-electron chi connectivity index (χ1n) is 9.01. The Balaban J connectivity index is 1.73. The van der Waals surface area contributed by atoms with Gasteiger partial charge < -0.3 is 5.32 Å². The summed E-state index contributed by atoms with van der Waals surface area (Å²) < 4.78 is 0. The van der Waals surface area contributed by atoms with Crippen LogP contribution in [0.2, 0.25) is 0 Å². The van der Waals surface area contributed by atoms with Gasteiger partial charge >= 0.3 is 0 Å². The average molecular weight is 329 g/mol. The SMILES string of the molecule is O=C1c2ccccc2-c2ncnc3ccc(NC4CCCCC4)c1c23. The third-order valence-corrected chi connectivity index (χ3v) is 5.42. The van der Waals surface area contributed by atoms with Crippen molar-refractivity contribution >= 4 is 22.4 Å². The molecule has 2 aromatic carbocycles. The number of rotatable bonds is 2. The molecule has 0 saturated heterocycles. The molecule has 1 saturated carbocycles. The number of carbonyl (C=O) groups is 1. The van der Waals surface area contributed by atoms with Gasteiger partial charge in [-0.2, -0.15) is 0 Å². The van der Waals surface area contributed by atoms with E-state index >= 15 is 0 Å². The number of nitrogens with one attached hydrogen (secondary N) is 1. The van der Waals surface area contributed by atoms with Crippen molar-refractivity contribution in [2.24, 2.45) is 0 Å². The summed E-state index contributed by atoms with van der Waals surface area (Å²) in [5.41, 5.74) is 4.99. The minimum absolute atomic E-state index is 0.0711. The first-order chi connectivity index (χ1) is 12.3. The van der Waals surface area contributed by atoms with Gasteiger partial charge in [-0.3, -0.25) is 4.79 Å². The van der Waals surface area contributed by atoms with Crippen LogP contribution in [0.3, 0.4) is 0 Å². The number of carbonyl (C=O) groups excluding carboxylic acids is 1. The van der Waals surface area contributed by atoms with Crippen molar-refractivity contribution in [2.45, 2.75) is 38.1 Å². The number of benzene rings is 2. The van der Waals surface area contributed by atoms with Gasteiger partial charge in [0.1, 0.15) is 6.33 Å². The molecule has 25 heavy (non-hydrogen) atoms. The Kier molecular flexibility index (Phi) is 3.30. The van der Waals surface area contributed by atoms with E-state index in [1.165, 1.54) is 32.1 Å². The Morgan fingerprint density at radius 3 is 2.56 bits per heavy atom. The van der Waals surface area contributed by atoms with Gasteiger partial charge in [0.05, 0.1) is 16.8 Å². The molecule has 0 atom stereocenters. The minimum Gasteiger partial charge on any atom is -0.382 e. The third kappa shape index (κ3) is 2.24. The van der Waals surface area contributed by atoms with Crippen LogP contribution in [-0.2, 0) is 0 Å². The molecule has 0 radical (unpaired) electrons. The van der Waals surface area contributed by atoms with E-state index in [2.05, 4.69) is 15.3 Å². The molecule has 1 heterocycles. The smallest absolute Gasteiger partial charge is 0.196 e. The maximum atomic E-state index is 13.3. The number of aromatic nitrogens is 2. The molecule has 0 amide bonds. The summed E-state index contributed by atoms with van der Waals surface area (Å²) in [6.07, 6.45) is 7.74. The molecule has 2 aliphatic rings. The molecule has 124 valence electrons. The van der Waals surface area contributed by atoms with Crippen LogP contribution in [0.5, 0.6) is 0 Å². The van der Waals surface area contributed by atoms with Gasteiger partial charge in [0.25, 0.3) is 0 Å². The van der Waals surface area contributed by atoms with Gasteiger partial charge in [-0.25, -0.2) is 9.97 Å². The zero-order valence-corrected chi connectivity index (χ0v) is 14.0. The number of anilines is 1. The summed E-state index contributed by atoms with van der Waals surface area (Å²) in [6.45, 7) is 0. The van der Waals surface area contributed by atoms with Crippen molar-refractivity contribution in [1.82, 2.24) is 9.97 Å². The monoisotopic (exact) mass is 329 g/mol. The lowest BCUT2D eigenvalue weighted by molar-refractivity contribution is 0.104. The highest BCUT2D eigenvalue weighted by Crippen LogP contribution is 2.40. The van der Waals surface area contributed by atoms with Crippen LogP contribution < -0.4 is 5.32 Å². The van der Waals surface area contributed by atoms with Crippen LogP contribution in [-0.4, -0.2) is 21.8 Å². The van der Waals surface area contributed by atoms with E-state index < -0.39 is 0 Å². The van der Waals surface area contributed by atoms with Crippen molar-refractivity contribution in [1.29, 1.82) is 0 Å². The van der Waals surface area contributed by atoms with E-state index in [1.54, 1.807) is 6.33 Å². The summed E-state index contributed by atoms with van der Waals surface area (Å²) in [7, 11) is 0. The second-order valence-electron chi connectivity index (χ2n) is 6.96. The standard InChI is InChI=1S/C21H19N3O/c25-21-15-9-5-4-8-14(15)20-18-16(22-12-23-20)10-11-17(19(18)21)24-13-6-2-1-3-7-13/h4-5,8-13,24H,1-3,6-7H2. The minimum atomic E-state index is 0.0711. The molecule has 2 aliphatic carbocycles. The van der Waals surface area contributed by atoms with Crippen LogP contribution in [0, 0.1) is 0 Å². The van der Waals surface area contributed by atoms with Crippen molar-refractivity contribution in [3.8, 4) is 11.3 Å². The summed E-state index contributed by atoms with van der Waals surface area (Å²) >= 11 is 0. The molecule has 1 aromatic heterocycles. The molecular formula is C21H19N3O. The predicted molar refractivity (Wildman–Crippen MR) is 98.9 cm³/mol. The molecule has 0 bridgehead atoms. The summed E-state index contributed by atoms with van der Waals surface area (Å²) in [5.74, 6) is 0.0711. The second kappa shape index (κ2) is 5.66. The van der Waals surface area contributed by atoms with Crippen LogP contribution >= 0.6 is 0 Å². The highest BCUT2D eigenvalue weighted by molar-refractivity contribution is 6.27. The van der Waals surface area contributed by atoms with Gasteiger partial charge in [-0.05, 0) is 25.0 Å². The maximum Gasteiger partial charge on any atom is 0.196 e. The van der Waals surface area contributed by atoms with Crippen LogP contribution in [0.25, 0.3) is 22.2 Å². The Morgan fingerprint density at radius 1 is 0.920 bits per heavy atom. The Hall–Kier alpha value is -2.75. The van der Waals surface area contributed by atoms with E-state index in [0.717, 1.165) is 39.0 Å². The largest absolute Gasteiger partial charge is 0.382 e. The first kappa shape index (κ1) is 14.6. The molecule has 0 unspecified atom stereocenters. The van der Waals surface area contributed by atoms with Gasteiger partial charge in [0.15, 0.2) is 5.78 Å². The lowest BCUT2D eigenvalue weighted by atomic mass is 9.85. The lowest BCUT2D eigenvalue weighted by Gasteiger charge is -2.27. The van der Waals surface area contributed by atoms with E-state index in [9.17, 15) is 4.79 Å². The number of nitrogens with zero attached hydrogens (tertiary/aromatic N) is 2. The van der Waals surface area contributed by atoms with Crippen molar-refractivity contribution < 1.29 is 4.79 Å². The van der Waals surface area contributed by atoms with E-state index in [-0.39, 0.29) is 5.78 Å². The second-order valence-corrected chi connectivity index (χ2v) is 6.96. The zero-order chi connectivity index (χ0) is 16.8. The van der Waals surface area contributed by atoms with E-state index in [1.807, 2.05) is 36.4 Å². The van der Waals surface area contributed by atoms with Crippen LogP contribution in [0.15, 0.2) is 42.7 Å². The number of hydrogen-bond donors (Lipinski definition) is 1. The maximum absolute atomic E-state index is 13.3. The molecule has 0 spiro atoms. The van der Waals surface area contributed by atoms with Crippen molar-refractivity contribution in [2.75, 3.05) is 5.32 Å². The molecule has 1 fully saturated rings. The molecule has 5 rings (SSSR count). The van der Waals surface area contributed by atoms with Crippen LogP contribution in [0.4, 0.5) is 5.69 Å². The van der Waals surface area contributed by atoms with Gasteiger partial charge in [-0.1, -0.05) is 43.5 Å². The number of hydrogen-bond acceptors (Lipinski definition) is 4. The molecule has 0 aliphatic heterocycles. The third-order valence-electron chi connectivity index (χ3n) is 5.42. The Morgan fingerprint density at radius 2 is 1.72 bits per heavy atom. The topological polar surface area (TPSA) is 54.9 Å². The highest BCUT2D eigenvalue weighted by atomic mass is 16.1.